The summed E-state index contributed by atoms with van der Waals surface area (Å²) in [6.07, 6.45) is 2.32. The van der Waals surface area contributed by atoms with Crippen LogP contribution in [0, 0.1) is 5.92 Å². The fraction of sp³-hybridized carbons (Fsp3) is 0.600. The second kappa shape index (κ2) is 6.67. The summed E-state index contributed by atoms with van der Waals surface area (Å²) in [6.45, 7) is 12.8. The summed E-state index contributed by atoms with van der Waals surface area (Å²) in [5.74, 6) is 0.566. The molecule has 0 amide bonds. The molecule has 3 rings (SSSR count). The molecule has 130 valence electrons. The largest absolute Gasteiger partial charge is 0.348 e. The van der Waals surface area contributed by atoms with Gasteiger partial charge in [0.05, 0.1) is 11.2 Å². The minimum atomic E-state index is -0.135. The van der Waals surface area contributed by atoms with Crippen LogP contribution in [0.3, 0.4) is 0 Å². The molecule has 0 radical (unpaired) electrons. The van der Waals surface area contributed by atoms with Gasteiger partial charge in [-0.15, -0.1) is 0 Å². The third kappa shape index (κ3) is 3.39. The molecule has 4 nitrogen and oxygen atoms in total. The molecule has 0 aliphatic carbocycles. The Hall–Kier alpha value is -1.68. The van der Waals surface area contributed by atoms with Crippen molar-refractivity contribution in [2.75, 3.05) is 19.6 Å². The standard InChI is InChI=1S/C20H29N3O/c1-5-22-12-10-15(11-13-22)14-23-17-9-7-6-8-16(17)18(20(2,3)4)21-19(23)24/h6-9,15H,5,10-14H2,1-4H3. The van der Waals surface area contributed by atoms with E-state index in [2.05, 4.69) is 49.7 Å². The third-order valence-corrected chi connectivity index (χ3v) is 5.19. The van der Waals surface area contributed by atoms with Gasteiger partial charge in [0, 0.05) is 17.3 Å². The zero-order chi connectivity index (χ0) is 17.3. The molecule has 0 spiro atoms. The van der Waals surface area contributed by atoms with Crippen molar-refractivity contribution in [1.82, 2.24) is 14.5 Å². The molecule has 1 saturated heterocycles. The van der Waals surface area contributed by atoms with Gasteiger partial charge in [0.1, 0.15) is 0 Å². The van der Waals surface area contributed by atoms with E-state index in [0.29, 0.717) is 5.92 Å². The van der Waals surface area contributed by atoms with E-state index in [1.807, 2.05) is 16.7 Å². The van der Waals surface area contributed by atoms with Gasteiger partial charge in [-0.1, -0.05) is 45.9 Å². The van der Waals surface area contributed by atoms with Crippen LogP contribution in [0.15, 0.2) is 29.1 Å². The monoisotopic (exact) mass is 327 g/mol. The van der Waals surface area contributed by atoms with Gasteiger partial charge in [0.2, 0.25) is 0 Å². The van der Waals surface area contributed by atoms with E-state index in [1.165, 1.54) is 0 Å². The summed E-state index contributed by atoms with van der Waals surface area (Å²) in [5, 5.41) is 1.11. The highest BCUT2D eigenvalue weighted by Crippen LogP contribution is 2.27. The Morgan fingerprint density at radius 1 is 1.17 bits per heavy atom. The number of nitrogens with zero attached hydrogens (tertiary/aromatic N) is 3. The molecule has 1 aromatic heterocycles. The highest BCUT2D eigenvalue weighted by atomic mass is 16.1. The maximum Gasteiger partial charge on any atom is 0.348 e. The van der Waals surface area contributed by atoms with Crippen LogP contribution >= 0.6 is 0 Å². The number of rotatable bonds is 3. The molecule has 1 aliphatic rings. The van der Waals surface area contributed by atoms with Crippen LogP contribution in [0.25, 0.3) is 10.9 Å². The van der Waals surface area contributed by atoms with Gasteiger partial charge in [-0.05, 0) is 44.5 Å². The van der Waals surface area contributed by atoms with Crippen molar-refractivity contribution in [2.24, 2.45) is 5.92 Å². The van der Waals surface area contributed by atoms with Crippen LogP contribution < -0.4 is 5.69 Å². The molecule has 2 heterocycles. The Morgan fingerprint density at radius 2 is 1.83 bits per heavy atom. The lowest BCUT2D eigenvalue weighted by atomic mass is 9.89. The summed E-state index contributed by atoms with van der Waals surface area (Å²) in [6, 6.07) is 8.21. The smallest absolute Gasteiger partial charge is 0.304 e. The van der Waals surface area contributed by atoms with Crippen LogP contribution in [0.1, 0.15) is 46.2 Å². The van der Waals surface area contributed by atoms with Gasteiger partial charge in [-0.3, -0.25) is 4.57 Å². The van der Waals surface area contributed by atoms with Gasteiger partial charge >= 0.3 is 5.69 Å². The Morgan fingerprint density at radius 3 is 2.46 bits per heavy atom. The number of likely N-dealkylation sites (tertiary alicyclic amines) is 1. The van der Waals surface area contributed by atoms with Gasteiger partial charge in [-0.2, -0.15) is 4.98 Å². The van der Waals surface area contributed by atoms with Crippen molar-refractivity contribution in [3.05, 3.63) is 40.4 Å². The van der Waals surface area contributed by atoms with Gasteiger partial charge in [0.15, 0.2) is 0 Å². The Bertz CT molecular complexity index is 765. The van der Waals surface area contributed by atoms with E-state index >= 15 is 0 Å². The van der Waals surface area contributed by atoms with Crippen LogP contribution in [0.5, 0.6) is 0 Å². The highest BCUT2D eigenvalue weighted by molar-refractivity contribution is 5.82. The van der Waals surface area contributed by atoms with Crippen molar-refractivity contribution < 1.29 is 0 Å². The number of hydrogen-bond acceptors (Lipinski definition) is 3. The van der Waals surface area contributed by atoms with E-state index in [0.717, 1.165) is 55.6 Å². The summed E-state index contributed by atoms with van der Waals surface area (Å²) in [5.41, 5.74) is 1.70. The molecular weight excluding hydrogens is 298 g/mol. The lowest BCUT2D eigenvalue weighted by Gasteiger charge is -2.31. The van der Waals surface area contributed by atoms with Crippen LogP contribution in [0.2, 0.25) is 0 Å². The molecule has 1 aliphatic heterocycles. The first-order chi connectivity index (χ1) is 11.4. The molecule has 1 fully saturated rings. The van der Waals surface area contributed by atoms with Gasteiger partial charge in [-0.25, -0.2) is 4.79 Å². The summed E-state index contributed by atoms with van der Waals surface area (Å²) in [7, 11) is 0. The first-order valence-corrected chi connectivity index (χ1v) is 9.12. The first kappa shape index (κ1) is 17.2. The first-order valence-electron chi connectivity index (χ1n) is 9.12. The number of para-hydroxylation sites is 1. The molecule has 1 aromatic carbocycles. The predicted molar refractivity (Wildman–Crippen MR) is 99.5 cm³/mol. The molecule has 4 heteroatoms. The summed E-state index contributed by atoms with van der Waals surface area (Å²) < 4.78 is 1.90. The van der Waals surface area contributed by atoms with Crippen molar-refractivity contribution in [1.29, 1.82) is 0 Å². The van der Waals surface area contributed by atoms with Crippen LogP contribution in [0.4, 0.5) is 0 Å². The fourth-order valence-electron chi connectivity index (χ4n) is 3.72. The molecule has 0 N–H and O–H groups in total. The Kier molecular flexibility index (Phi) is 4.77. The summed E-state index contributed by atoms with van der Waals surface area (Å²) >= 11 is 0. The van der Waals surface area contributed by atoms with Crippen LogP contribution in [-0.4, -0.2) is 34.1 Å². The van der Waals surface area contributed by atoms with E-state index in [4.69, 9.17) is 0 Å². The number of benzene rings is 1. The van der Waals surface area contributed by atoms with E-state index in [9.17, 15) is 4.79 Å². The molecule has 0 unspecified atom stereocenters. The quantitative estimate of drug-likeness (QED) is 0.867. The molecule has 0 bridgehead atoms. The molecule has 0 atom stereocenters. The zero-order valence-electron chi connectivity index (χ0n) is 15.4. The Balaban J connectivity index is 1.98. The van der Waals surface area contributed by atoms with Crippen molar-refractivity contribution >= 4 is 10.9 Å². The predicted octanol–water partition coefficient (Wildman–Crippen LogP) is 3.43. The Labute approximate surface area is 144 Å². The normalized spacial score (nSPS) is 17.5. The number of hydrogen-bond donors (Lipinski definition) is 0. The van der Waals surface area contributed by atoms with Crippen molar-refractivity contribution in [2.45, 2.75) is 52.5 Å². The summed E-state index contributed by atoms with van der Waals surface area (Å²) in [4.78, 5) is 19.7. The third-order valence-electron chi connectivity index (χ3n) is 5.19. The zero-order valence-corrected chi connectivity index (χ0v) is 15.4. The van der Waals surface area contributed by atoms with E-state index in [1.54, 1.807) is 0 Å². The molecule has 0 saturated carbocycles. The van der Waals surface area contributed by atoms with Gasteiger partial charge < -0.3 is 4.90 Å². The average Bonchev–Trinajstić information content (AvgIpc) is 2.56. The van der Waals surface area contributed by atoms with Gasteiger partial charge in [0.25, 0.3) is 0 Å². The molecule has 24 heavy (non-hydrogen) atoms. The van der Waals surface area contributed by atoms with E-state index < -0.39 is 0 Å². The fourth-order valence-corrected chi connectivity index (χ4v) is 3.72. The second-order valence-corrected chi connectivity index (χ2v) is 8.00. The minimum Gasteiger partial charge on any atom is -0.304 e. The number of piperidine rings is 1. The lowest BCUT2D eigenvalue weighted by molar-refractivity contribution is 0.181. The lowest BCUT2D eigenvalue weighted by Crippen LogP contribution is -2.37. The van der Waals surface area contributed by atoms with E-state index in [-0.39, 0.29) is 11.1 Å². The number of aromatic nitrogens is 2. The SMILES string of the molecule is CCN1CCC(Cn2c(=O)nc(C(C)(C)C)c3ccccc32)CC1. The van der Waals surface area contributed by atoms with Crippen molar-refractivity contribution in [3.63, 3.8) is 0 Å². The average molecular weight is 327 g/mol. The van der Waals surface area contributed by atoms with Crippen molar-refractivity contribution in [3.8, 4) is 0 Å². The van der Waals surface area contributed by atoms with Crippen LogP contribution in [-0.2, 0) is 12.0 Å². The maximum atomic E-state index is 12.7. The number of fused-ring (bicyclic) bond motifs is 1. The minimum absolute atomic E-state index is 0.100. The maximum absolute atomic E-state index is 12.7. The molecular formula is C20H29N3O. The highest BCUT2D eigenvalue weighted by Gasteiger charge is 2.23. The molecule has 2 aromatic rings. The second-order valence-electron chi connectivity index (χ2n) is 8.00. The topological polar surface area (TPSA) is 38.1 Å².